The van der Waals surface area contributed by atoms with Crippen LogP contribution in [0.1, 0.15) is 0 Å². The number of rotatable bonds is 1. The molecule has 5 unspecified atom stereocenters. The van der Waals surface area contributed by atoms with E-state index in [1.165, 1.54) is 0 Å². The van der Waals surface area contributed by atoms with Gasteiger partial charge in [-0.1, -0.05) is 0 Å². The van der Waals surface area contributed by atoms with Crippen molar-refractivity contribution in [3.05, 3.63) is 0 Å². The third-order valence-electron chi connectivity index (χ3n) is 2.69. The van der Waals surface area contributed by atoms with Crippen LogP contribution in [0.5, 0.6) is 0 Å². The Labute approximate surface area is 75.8 Å². The lowest BCUT2D eigenvalue weighted by molar-refractivity contribution is -0.267. The molecule has 74 valence electrons. The van der Waals surface area contributed by atoms with Crippen LogP contribution in [0.15, 0.2) is 0 Å². The summed E-state index contributed by atoms with van der Waals surface area (Å²) in [6.45, 7) is 0.909. The maximum atomic E-state index is 5.60. The summed E-state index contributed by atoms with van der Waals surface area (Å²) in [5.74, 6) is 0. The van der Waals surface area contributed by atoms with Crippen molar-refractivity contribution < 1.29 is 23.7 Å². The average molecular weight is 188 g/mol. The summed E-state index contributed by atoms with van der Waals surface area (Å²) < 4.78 is 26.7. The minimum Gasteiger partial charge on any atom is -0.361 e. The zero-order valence-corrected chi connectivity index (χ0v) is 7.34. The molecule has 0 radical (unpaired) electrons. The highest BCUT2D eigenvalue weighted by molar-refractivity contribution is 5.02. The number of methoxy groups -OCH3 is 1. The fraction of sp³-hybridized carbons (Fsp3) is 1.00. The Morgan fingerprint density at radius 3 is 2.92 bits per heavy atom. The summed E-state index contributed by atoms with van der Waals surface area (Å²) in [4.78, 5) is 0. The van der Waals surface area contributed by atoms with Gasteiger partial charge in [-0.3, -0.25) is 0 Å². The molecule has 3 aliphatic rings. The van der Waals surface area contributed by atoms with Crippen LogP contribution >= 0.6 is 0 Å². The molecule has 3 heterocycles. The smallest absolute Gasteiger partial charge is 0.186 e. The Morgan fingerprint density at radius 1 is 1.15 bits per heavy atom. The van der Waals surface area contributed by atoms with Gasteiger partial charge in [0.15, 0.2) is 6.29 Å². The van der Waals surface area contributed by atoms with Gasteiger partial charge >= 0.3 is 0 Å². The van der Waals surface area contributed by atoms with Crippen LogP contribution in [-0.2, 0) is 23.7 Å². The molecular formula is C8H12O5. The van der Waals surface area contributed by atoms with Crippen molar-refractivity contribution in [2.45, 2.75) is 30.7 Å². The van der Waals surface area contributed by atoms with Gasteiger partial charge in [0.05, 0.1) is 6.61 Å². The van der Waals surface area contributed by atoms with Gasteiger partial charge in [-0.15, -0.1) is 0 Å². The van der Waals surface area contributed by atoms with Crippen molar-refractivity contribution in [2.24, 2.45) is 0 Å². The molecule has 3 saturated heterocycles. The minimum absolute atomic E-state index is 0.0325. The first-order chi connectivity index (χ1) is 6.40. The minimum atomic E-state index is -0.253. The molecule has 3 fully saturated rings. The lowest BCUT2D eigenvalue weighted by Gasteiger charge is -2.35. The standard InChI is InChI=1S/C8H12O5/c1-9-8-7-6(13-7)5-4(12-8)2-10-3-11-5/h4-8H,2-3H2,1H3. The van der Waals surface area contributed by atoms with Crippen LogP contribution in [0.3, 0.4) is 0 Å². The second-order valence-electron chi connectivity index (χ2n) is 3.46. The van der Waals surface area contributed by atoms with Crippen molar-refractivity contribution in [2.75, 3.05) is 20.5 Å². The lowest BCUT2D eigenvalue weighted by Crippen LogP contribution is -2.51. The molecule has 0 aromatic heterocycles. The maximum absolute atomic E-state index is 5.60. The van der Waals surface area contributed by atoms with Crippen LogP contribution in [0.2, 0.25) is 0 Å². The summed E-state index contributed by atoms with van der Waals surface area (Å²) in [6.07, 6.45) is -0.0545. The highest BCUT2D eigenvalue weighted by Crippen LogP contribution is 2.40. The second-order valence-corrected chi connectivity index (χ2v) is 3.46. The number of fused-ring (bicyclic) bond motifs is 3. The molecule has 0 aromatic rings. The monoisotopic (exact) mass is 188 g/mol. The van der Waals surface area contributed by atoms with E-state index in [1.807, 2.05) is 0 Å². The van der Waals surface area contributed by atoms with Crippen molar-refractivity contribution in [3.63, 3.8) is 0 Å². The molecule has 0 saturated carbocycles. The van der Waals surface area contributed by atoms with Gasteiger partial charge < -0.3 is 23.7 Å². The van der Waals surface area contributed by atoms with E-state index in [4.69, 9.17) is 23.7 Å². The Bertz CT molecular complexity index is 209. The van der Waals surface area contributed by atoms with Crippen molar-refractivity contribution in [1.29, 1.82) is 0 Å². The van der Waals surface area contributed by atoms with E-state index >= 15 is 0 Å². The van der Waals surface area contributed by atoms with E-state index in [0.29, 0.717) is 13.4 Å². The fourth-order valence-corrected chi connectivity index (χ4v) is 1.98. The summed E-state index contributed by atoms with van der Waals surface area (Å²) in [6, 6.07) is 0. The Balaban J connectivity index is 1.74. The van der Waals surface area contributed by atoms with E-state index in [-0.39, 0.29) is 30.7 Å². The van der Waals surface area contributed by atoms with Crippen molar-refractivity contribution in [3.8, 4) is 0 Å². The molecule has 5 heteroatoms. The Morgan fingerprint density at radius 2 is 2.08 bits per heavy atom. The molecular weight excluding hydrogens is 176 g/mol. The lowest BCUT2D eigenvalue weighted by atomic mass is 10.0. The highest BCUT2D eigenvalue weighted by Gasteiger charge is 2.59. The first-order valence-corrected chi connectivity index (χ1v) is 4.43. The molecule has 0 N–H and O–H groups in total. The van der Waals surface area contributed by atoms with Crippen molar-refractivity contribution in [1.82, 2.24) is 0 Å². The molecule has 3 rings (SSSR count). The zero-order chi connectivity index (χ0) is 8.84. The summed E-state index contributed by atoms with van der Waals surface area (Å²) in [7, 11) is 1.62. The van der Waals surface area contributed by atoms with Gasteiger partial charge in [0.1, 0.15) is 31.2 Å². The van der Waals surface area contributed by atoms with E-state index in [0.717, 1.165) is 0 Å². The normalized spacial score (nSPS) is 53.8. The van der Waals surface area contributed by atoms with Crippen LogP contribution in [-0.4, -0.2) is 51.2 Å². The largest absolute Gasteiger partial charge is 0.361 e. The van der Waals surface area contributed by atoms with Gasteiger partial charge in [-0.05, 0) is 0 Å². The second kappa shape index (κ2) is 2.90. The molecule has 3 aliphatic heterocycles. The SMILES string of the molecule is COC1OC2COCOC2C2OC12. The number of epoxide rings is 1. The Hall–Kier alpha value is -0.200. The number of ether oxygens (including phenoxy) is 5. The van der Waals surface area contributed by atoms with Crippen molar-refractivity contribution >= 4 is 0 Å². The van der Waals surface area contributed by atoms with Crippen LogP contribution in [0.4, 0.5) is 0 Å². The maximum Gasteiger partial charge on any atom is 0.186 e. The highest BCUT2D eigenvalue weighted by atomic mass is 16.8. The van der Waals surface area contributed by atoms with Gasteiger partial charge in [0.2, 0.25) is 0 Å². The van der Waals surface area contributed by atoms with Gasteiger partial charge in [0.25, 0.3) is 0 Å². The third kappa shape index (κ3) is 1.19. The third-order valence-corrected chi connectivity index (χ3v) is 2.69. The fourth-order valence-electron chi connectivity index (χ4n) is 1.98. The molecule has 5 nitrogen and oxygen atoms in total. The average Bonchev–Trinajstić information content (AvgIpc) is 2.96. The Kier molecular flexibility index (Phi) is 1.81. The molecule has 0 amide bonds. The zero-order valence-electron chi connectivity index (χ0n) is 7.34. The molecule has 13 heavy (non-hydrogen) atoms. The first-order valence-electron chi connectivity index (χ1n) is 4.43. The molecule has 5 atom stereocenters. The number of hydrogen-bond acceptors (Lipinski definition) is 5. The van der Waals surface area contributed by atoms with Gasteiger partial charge in [-0.2, -0.15) is 0 Å². The topological polar surface area (TPSA) is 49.5 Å². The summed E-state index contributed by atoms with van der Waals surface area (Å²) >= 11 is 0. The number of hydrogen-bond donors (Lipinski definition) is 0. The van der Waals surface area contributed by atoms with E-state index in [9.17, 15) is 0 Å². The molecule has 0 aliphatic carbocycles. The summed E-state index contributed by atoms with van der Waals surface area (Å²) in [5.41, 5.74) is 0. The summed E-state index contributed by atoms with van der Waals surface area (Å²) in [5, 5.41) is 0. The van der Waals surface area contributed by atoms with E-state index in [1.54, 1.807) is 7.11 Å². The van der Waals surface area contributed by atoms with Crippen LogP contribution < -0.4 is 0 Å². The molecule has 0 aromatic carbocycles. The molecule has 0 bridgehead atoms. The first kappa shape index (κ1) is 8.14. The van der Waals surface area contributed by atoms with Crippen LogP contribution in [0.25, 0.3) is 0 Å². The quantitative estimate of drug-likeness (QED) is 0.519. The van der Waals surface area contributed by atoms with E-state index in [2.05, 4.69) is 0 Å². The van der Waals surface area contributed by atoms with Gasteiger partial charge in [0, 0.05) is 7.11 Å². The van der Waals surface area contributed by atoms with Crippen LogP contribution in [0, 0.1) is 0 Å². The van der Waals surface area contributed by atoms with Gasteiger partial charge in [-0.25, -0.2) is 0 Å². The predicted molar refractivity (Wildman–Crippen MR) is 40.0 cm³/mol. The molecule has 0 spiro atoms. The van der Waals surface area contributed by atoms with E-state index < -0.39 is 0 Å². The predicted octanol–water partition coefficient (Wildman–Crippen LogP) is -0.502.